The molecule has 2 aromatic rings. The molecule has 2 atom stereocenters. The van der Waals surface area contributed by atoms with E-state index >= 15 is 0 Å². The fourth-order valence-corrected chi connectivity index (χ4v) is 3.32. The summed E-state index contributed by atoms with van der Waals surface area (Å²) in [5, 5.41) is 0.595. The first-order chi connectivity index (χ1) is 11.4. The van der Waals surface area contributed by atoms with Crippen molar-refractivity contribution in [2.45, 2.75) is 24.9 Å². The van der Waals surface area contributed by atoms with E-state index in [4.69, 9.17) is 25.6 Å². The highest BCUT2D eigenvalue weighted by atomic mass is 35.5. The van der Waals surface area contributed by atoms with E-state index < -0.39 is 22.0 Å². The third-order valence-corrected chi connectivity index (χ3v) is 4.79. The third kappa shape index (κ3) is 4.14. The lowest BCUT2D eigenvalue weighted by Crippen LogP contribution is -2.33. The average molecular weight is 373 g/mol. The normalized spacial score (nSPS) is 24.3. The fraction of sp³-hybridized carbons (Fsp3) is 0.400. The van der Waals surface area contributed by atoms with Crippen LogP contribution in [0.5, 0.6) is 0 Å². The quantitative estimate of drug-likeness (QED) is 0.781. The van der Waals surface area contributed by atoms with E-state index in [-0.39, 0.29) is 18.8 Å². The first-order valence-electron chi connectivity index (χ1n) is 7.35. The molecular weight excluding hydrogens is 356 g/mol. The molecule has 1 N–H and O–H groups in total. The molecule has 1 aromatic carbocycles. The van der Waals surface area contributed by atoms with Crippen LogP contribution in [-0.2, 0) is 31.9 Å². The zero-order valence-electron chi connectivity index (χ0n) is 12.7. The number of halogens is 1. The molecule has 0 radical (unpaired) electrons. The third-order valence-electron chi connectivity index (χ3n) is 3.79. The van der Waals surface area contributed by atoms with Gasteiger partial charge in [-0.05, 0) is 18.6 Å². The molecule has 3 rings (SSSR count). The van der Waals surface area contributed by atoms with Crippen molar-refractivity contribution >= 4 is 21.7 Å². The molecule has 0 amide bonds. The molecule has 1 fully saturated rings. The number of hydrogen-bond donors (Lipinski definition) is 1. The van der Waals surface area contributed by atoms with E-state index in [0.29, 0.717) is 11.6 Å². The Bertz CT molecular complexity index is 779. The summed E-state index contributed by atoms with van der Waals surface area (Å²) >= 11 is 5.94. The van der Waals surface area contributed by atoms with Crippen LogP contribution in [0.4, 0.5) is 0 Å². The van der Waals surface area contributed by atoms with E-state index in [1.807, 2.05) is 16.7 Å². The van der Waals surface area contributed by atoms with Gasteiger partial charge in [0.1, 0.15) is 0 Å². The van der Waals surface area contributed by atoms with Crippen molar-refractivity contribution in [2.75, 3.05) is 12.4 Å². The second-order valence-corrected chi connectivity index (χ2v) is 7.63. The smallest absolute Gasteiger partial charge is 0.264 e. The first kappa shape index (κ1) is 17.4. The van der Waals surface area contributed by atoms with E-state index in [1.165, 1.54) is 0 Å². The number of aromatic nitrogens is 2. The second kappa shape index (κ2) is 6.81. The van der Waals surface area contributed by atoms with Crippen LogP contribution in [-0.4, -0.2) is 41.0 Å². The van der Waals surface area contributed by atoms with E-state index in [1.54, 1.807) is 30.9 Å². The van der Waals surface area contributed by atoms with Crippen molar-refractivity contribution in [3.63, 3.8) is 0 Å². The van der Waals surface area contributed by atoms with Gasteiger partial charge in [-0.2, -0.15) is 8.42 Å². The molecule has 1 aromatic heterocycles. The first-order valence-corrected chi connectivity index (χ1v) is 9.34. The molecule has 1 aliphatic heterocycles. The maximum atomic E-state index is 10.9. The molecule has 1 saturated heterocycles. The lowest BCUT2D eigenvalue weighted by atomic mass is 10.1. The minimum Gasteiger partial charge on any atom is -0.342 e. The van der Waals surface area contributed by atoms with Crippen molar-refractivity contribution in [1.82, 2.24) is 9.55 Å². The largest absolute Gasteiger partial charge is 0.342 e. The number of hydrogen-bond acceptors (Lipinski definition) is 5. The Morgan fingerprint density at radius 1 is 1.38 bits per heavy atom. The van der Waals surface area contributed by atoms with Gasteiger partial charge in [-0.1, -0.05) is 23.7 Å². The summed E-state index contributed by atoms with van der Waals surface area (Å²) in [5.41, 5.74) is 0.773. The Kier molecular flexibility index (Phi) is 4.93. The van der Waals surface area contributed by atoms with Gasteiger partial charge in [0.15, 0.2) is 0 Å². The molecule has 9 heteroatoms. The molecule has 24 heavy (non-hydrogen) atoms. The van der Waals surface area contributed by atoms with Crippen molar-refractivity contribution in [3.05, 3.63) is 53.6 Å². The van der Waals surface area contributed by atoms with Gasteiger partial charge in [0, 0.05) is 23.0 Å². The number of nitrogens with zero attached hydrogens (tertiary/aromatic N) is 2. The van der Waals surface area contributed by atoms with Gasteiger partial charge in [0.2, 0.25) is 5.79 Å². The summed E-state index contributed by atoms with van der Waals surface area (Å²) in [4.78, 5) is 4.01. The van der Waals surface area contributed by atoms with Gasteiger partial charge < -0.3 is 14.0 Å². The van der Waals surface area contributed by atoms with Crippen molar-refractivity contribution in [3.8, 4) is 0 Å². The highest BCUT2D eigenvalue weighted by Gasteiger charge is 2.43. The lowest BCUT2D eigenvalue weighted by Gasteiger charge is -2.29. The summed E-state index contributed by atoms with van der Waals surface area (Å²) in [7, 11) is -4.04. The Hall–Kier alpha value is -1.45. The fourth-order valence-electron chi connectivity index (χ4n) is 2.64. The zero-order valence-corrected chi connectivity index (χ0v) is 14.3. The summed E-state index contributed by atoms with van der Waals surface area (Å²) < 4.78 is 44.6. The number of rotatable bonds is 6. The number of benzene rings is 1. The molecule has 130 valence electrons. The Morgan fingerprint density at radius 3 is 2.75 bits per heavy atom. The van der Waals surface area contributed by atoms with Crippen molar-refractivity contribution in [1.29, 1.82) is 0 Å². The van der Waals surface area contributed by atoms with Gasteiger partial charge in [-0.25, -0.2) is 4.98 Å². The summed E-state index contributed by atoms with van der Waals surface area (Å²) in [6.07, 6.45) is 4.80. The number of ether oxygens (including phenoxy) is 2. The highest BCUT2D eigenvalue weighted by Crippen LogP contribution is 2.37. The van der Waals surface area contributed by atoms with Crippen LogP contribution in [0.2, 0.25) is 5.02 Å². The standard InChI is InChI=1S/C15H17ClN2O5S/c16-13-3-1-12(2-4-13)15(10-18-7-6-17-11-18)22-9-14(23-15)5-8-24(19,20)21/h1-4,6-7,11,14H,5,8-10H2,(H,19,20,21). The molecule has 0 saturated carbocycles. The molecule has 2 unspecified atom stereocenters. The predicted octanol–water partition coefficient (Wildman–Crippen LogP) is 2.08. The maximum absolute atomic E-state index is 10.9. The summed E-state index contributed by atoms with van der Waals surface area (Å²) in [5.74, 6) is -1.43. The van der Waals surface area contributed by atoms with Crippen molar-refractivity contribution < 1.29 is 22.4 Å². The molecule has 7 nitrogen and oxygen atoms in total. The zero-order chi connectivity index (χ0) is 17.2. The van der Waals surface area contributed by atoms with Gasteiger partial charge in [0.05, 0.1) is 31.3 Å². The van der Waals surface area contributed by atoms with E-state index in [9.17, 15) is 8.42 Å². The van der Waals surface area contributed by atoms with Gasteiger partial charge in [0.25, 0.3) is 10.1 Å². The minimum absolute atomic E-state index is 0.151. The van der Waals surface area contributed by atoms with Crippen LogP contribution >= 0.6 is 11.6 Å². The maximum Gasteiger partial charge on any atom is 0.264 e. The molecule has 0 spiro atoms. The molecule has 0 aliphatic carbocycles. The molecule has 2 heterocycles. The minimum atomic E-state index is -4.04. The van der Waals surface area contributed by atoms with Crippen molar-refractivity contribution in [2.24, 2.45) is 0 Å². The van der Waals surface area contributed by atoms with Crippen LogP contribution in [0.1, 0.15) is 12.0 Å². The SMILES string of the molecule is O=S(=O)(O)CCC1COC(Cn2ccnc2)(c2ccc(Cl)cc2)O1. The topological polar surface area (TPSA) is 90.7 Å². The van der Waals surface area contributed by atoms with Crippen LogP contribution in [0, 0.1) is 0 Å². The predicted molar refractivity (Wildman–Crippen MR) is 87.2 cm³/mol. The molecule has 1 aliphatic rings. The van der Waals surface area contributed by atoms with Gasteiger partial charge in [-0.15, -0.1) is 0 Å². The van der Waals surface area contributed by atoms with Crippen LogP contribution in [0.15, 0.2) is 43.0 Å². The molecular formula is C15H17ClN2O5S. The Balaban J connectivity index is 1.82. The van der Waals surface area contributed by atoms with E-state index in [0.717, 1.165) is 5.56 Å². The van der Waals surface area contributed by atoms with Crippen LogP contribution in [0.25, 0.3) is 0 Å². The number of imidazole rings is 1. The van der Waals surface area contributed by atoms with Crippen LogP contribution in [0.3, 0.4) is 0 Å². The summed E-state index contributed by atoms with van der Waals surface area (Å²) in [6, 6.07) is 7.10. The second-order valence-electron chi connectivity index (χ2n) is 5.62. The Labute approximate surface area is 144 Å². The average Bonchev–Trinajstić information content (AvgIpc) is 3.16. The lowest BCUT2D eigenvalue weighted by molar-refractivity contribution is -0.187. The Morgan fingerprint density at radius 2 is 2.12 bits per heavy atom. The van der Waals surface area contributed by atoms with Gasteiger partial charge in [-0.3, -0.25) is 4.55 Å². The van der Waals surface area contributed by atoms with Gasteiger partial charge >= 0.3 is 0 Å². The van der Waals surface area contributed by atoms with E-state index in [2.05, 4.69) is 4.98 Å². The van der Waals surface area contributed by atoms with Crippen LogP contribution < -0.4 is 0 Å². The molecule has 0 bridgehead atoms. The monoisotopic (exact) mass is 372 g/mol. The summed E-state index contributed by atoms with van der Waals surface area (Å²) in [6.45, 7) is 0.587. The highest BCUT2D eigenvalue weighted by molar-refractivity contribution is 7.85.